The molecule has 3 aromatic heterocycles. The van der Waals surface area contributed by atoms with Crippen molar-refractivity contribution in [3.05, 3.63) is 36.8 Å². The average Bonchev–Trinajstić information content (AvgIpc) is 3.25. The molecule has 1 aliphatic carbocycles. The summed E-state index contributed by atoms with van der Waals surface area (Å²) in [5.41, 5.74) is 2.63. The van der Waals surface area contributed by atoms with E-state index in [-0.39, 0.29) is 17.2 Å². The van der Waals surface area contributed by atoms with Crippen molar-refractivity contribution in [3.8, 4) is 17.1 Å². The molecular weight excluding hydrogens is 366 g/mol. The molecule has 2 aliphatic rings. The highest BCUT2D eigenvalue weighted by Crippen LogP contribution is 2.42. The van der Waals surface area contributed by atoms with Gasteiger partial charge >= 0.3 is 0 Å². The molecule has 0 spiro atoms. The predicted molar refractivity (Wildman–Crippen MR) is 111 cm³/mol. The molecular formula is C22H27N5O2. The first-order valence-electron chi connectivity index (χ1n) is 10.2. The van der Waals surface area contributed by atoms with Gasteiger partial charge in [-0.15, -0.1) is 0 Å². The molecule has 5 rings (SSSR count). The minimum absolute atomic E-state index is 0.0199. The molecule has 0 aromatic carbocycles. The number of hydrogen-bond donors (Lipinski definition) is 1. The number of ether oxygens (including phenoxy) is 2. The number of aromatic nitrogens is 4. The van der Waals surface area contributed by atoms with E-state index in [1.807, 2.05) is 24.4 Å². The third-order valence-electron chi connectivity index (χ3n) is 5.78. The molecule has 1 saturated carbocycles. The van der Waals surface area contributed by atoms with E-state index in [0.717, 1.165) is 35.2 Å². The molecule has 7 heteroatoms. The number of pyridine rings is 2. The summed E-state index contributed by atoms with van der Waals surface area (Å²) < 4.78 is 14.3. The van der Waals surface area contributed by atoms with Gasteiger partial charge in [-0.25, -0.2) is 4.98 Å². The molecule has 1 atom stereocenters. The summed E-state index contributed by atoms with van der Waals surface area (Å²) in [7, 11) is 0. The van der Waals surface area contributed by atoms with Crippen LogP contribution in [0, 0.1) is 0 Å². The maximum absolute atomic E-state index is 6.16. The fourth-order valence-electron chi connectivity index (χ4n) is 3.80. The highest BCUT2D eigenvalue weighted by Gasteiger charge is 2.40. The minimum atomic E-state index is -0.196. The summed E-state index contributed by atoms with van der Waals surface area (Å²) in [5, 5.41) is 8.87. The smallest absolute Gasteiger partial charge is 0.223 e. The standard InChI is InChI=1S/C22H27N5O2/c1-21(2)14-23-11-16(29-21)13-28-20-17-5-4-8-24-19(17)9-18(26-20)15-10-25-27(12-15)22(3)6-7-22/h4-5,8-10,12,16,23H,6-7,11,13-14H2,1-3H3/t16-/m0/s1. The first kappa shape index (κ1) is 18.5. The van der Waals surface area contributed by atoms with E-state index in [0.29, 0.717) is 12.5 Å². The van der Waals surface area contributed by atoms with Crippen molar-refractivity contribution < 1.29 is 9.47 Å². The summed E-state index contributed by atoms with van der Waals surface area (Å²) in [6.45, 7) is 8.45. The van der Waals surface area contributed by atoms with E-state index in [1.165, 1.54) is 12.8 Å². The van der Waals surface area contributed by atoms with Crippen LogP contribution in [-0.2, 0) is 10.3 Å². The molecule has 29 heavy (non-hydrogen) atoms. The minimum Gasteiger partial charge on any atom is -0.474 e. The Balaban J connectivity index is 1.44. The molecule has 1 saturated heterocycles. The zero-order valence-corrected chi connectivity index (χ0v) is 17.2. The van der Waals surface area contributed by atoms with Gasteiger partial charge in [0.25, 0.3) is 0 Å². The van der Waals surface area contributed by atoms with Crippen LogP contribution in [0.2, 0.25) is 0 Å². The predicted octanol–water partition coefficient (Wildman–Crippen LogP) is 3.15. The largest absolute Gasteiger partial charge is 0.474 e. The Hall–Kier alpha value is -2.51. The van der Waals surface area contributed by atoms with E-state index in [4.69, 9.17) is 14.5 Å². The second-order valence-corrected chi connectivity index (χ2v) is 8.99. The second kappa shape index (κ2) is 6.78. The molecule has 3 aromatic rings. The molecule has 4 heterocycles. The zero-order valence-electron chi connectivity index (χ0n) is 17.2. The van der Waals surface area contributed by atoms with Gasteiger partial charge < -0.3 is 14.8 Å². The van der Waals surface area contributed by atoms with Gasteiger partial charge in [0.2, 0.25) is 5.88 Å². The van der Waals surface area contributed by atoms with Crippen LogP contribution in [0.4, 0.5) is 0 Å². The average molecular weight is 393 g/mol. The molecule has 1 N–H and O–H groups in total. The molecule has 1 aliphatic heterocycles. The van der Waals surface area contributed by atoms with Crippen LogP contribution in [0.1, 0.15) is 33.6 Å². The van der Waals surface area contributed by atoms with Crippen LogP contribution in [-0.4, -0.2) is 51.1 Å². The normalized spacial score (nSPS) is 22.5. The van der Waals surface area contributed by atoms with Crippen molar-refractivity contribution >= 4 is 10.9 Å². The number of rotatable bonds is 5. The third-order valence-corrected chi connectivity index (χ3v) is 5.78. The second-order valence-electron chi connectivity index (χ2n) is 8.99. The molecule has 7 nitrogen and oxygen atoms in total. The Morgan fingerprint density at radius 1 is 1.31 bits per heavy atom. The van der Waals surface area contributed by atoms with Crippen LogP contribution in [0.5, 0.6) is 5.88 Å². The third kappa shape index (κ3) is 3.72. The molecule has 0 amide bonds. The van der Waals surface area contributed by atoms with Crippen molar-refractivity contribution in [2.24, 2.45) is 0 Å². The van der Waals surface area contributed by atoms with Gasteiger partial charge in [-0.05, 0) is 51.8 Å². The van der Waals surface area contributed by atoms with E-state index in [9.17, 15) is 0 Å². The summed E-state index contributed by atoms with van der Waals surface area (Å²) in [6.07, 6.45) is 8.06. The van der Waals surface area contributed by atoms with Crippen molar-refractivity contribution in [2.45, 2.75) is 50.9 Å². The van der Waals surface area contributed by atoms with Crippen molar-refractivity contribution in [3.63, 3.8) is 0 Å². The van der Waals surface area contributed by atoms with E-state index in [2.05, 4.69) is 47.0 Å². The lowest BCUT2D eigenvalue weighted by Crippen LogP contribution is -2.52. The van der Waals surface area contributed by atoms with Crippen molar-refractivity contribution in [1.82, 2.24) is 25.1 Å². The lowest BCUT2D eigenvalue weighted by atomic mass is 10.1. The summed E-state index contributed by atoms with van der Waals surface area (Å²) in [6, 6.07) is 5.90. The van der Waals surface area contributed by atoms with Crippen LogP contribution < -0.4 is 10.1 Å². The van der Waals surface area contributed by atoms with E-state index >= 15 is 0 Å². The quantitative estimate of drug-likeness (QED) is 0.718. The van der Waals surface area contributed by atoms with Gasteiger partial charge in [0, 0.05) is 31.0 Å². The van der Waals surface area contributed by atoms with Gasteiger partial charge in [0.1, 0.15) is 12.7 Å². The molecule has 0 bridgehead atoms. The number of nitrogens with one attached hydrogen (secondary N) is 1. The van der Waals surface area contributed by atoms with E-state index < -0.39 is 0 Å². The Morgan fingerprint density at radius 2 is 2.17 bits per heavy atom. The first-order valence-corrected chi connectivity index (χ1v) is 10.2. The van der Waals surface area contributed by atoms with Crippen LogP contribution in [0.15, 0.2) is 36.8 Å². The zero-order chi connectivity index (χ0) is 20.1. The van der Waals surface area contributed by atoms with Gasteiger partial charge in [-0.1, -0.05) is 0 Å². The summed E-state index contributed by atoms with van der Waals surface area (Å²) in [4.78, 5) is 9.34. The lowest BCUT2D eigenvalue weighted by molar-refractivity contribution is -0.107. The Kier molecular flexibility index (Phi) is 4.33. The number of hydrogen-bond acceptors (Lipinski definition) is 6. The molecule has 152 valence electrons. The molecule has 2 fully saturated rings. The highest BCUT2D eigenvalue weighted by atomic mass is 16.6. The van der Waals surface area contributed by atoms with Gasteiger partial charge in [-0.2, -0.15) is 5.10 Å². The Bertz CT molecular complexity index is 1040. The SMILES string of the molecule is CC1(C)CNC[C@@H](COc2nc(-c3cnn(C4(C)CC4)c3)cc3ncccc23)O1. The number of fused-ring (bicyclic) bond motifs is 1. The fraction of sp³-hybridized carbons (Fsp3) is 0.500. The van der Waals surface area contributed by atoms with Gasteiger partial charge in [0.15, 0.2) is 0 Å². The monoisotopic (exact) mass is 393 g/mol. The van der Waals surface area contributed by atoms with Crippen LogP contribution in [0.3, 0.4) is 0 Å². The van der Waals surface area contributed by atoms with Crippen molar-refractivity contribution in [2.75, 3.05) is 19.7 Å². The fourth-order valence-corrected chi connectivity index (χ4v) is 3.80. The van der Waals surface area contributed by atoms with Crippen molar-refractivity contribution in [1.29, 1.82) is 0 Å². The topological polar surface area (TPSA) is 74.1 Å². The maximum atomic E-state index is 6.16. The summed E-state index contributed by atoms with van der Waals surface area (Å²) >= 11 is 0. The van der Waals surface area contributed by atoms with Gasteiger partial charge in [0.05, 0.1) is 33.9 Å². The van der Waals surface area contributed by atoms with Gasteiger partial charge in [-0.3, -0.25) is 9.67 Å². The highest BCUT2D eigenvalue weighted by molar-refractivity contribution is 5.86. The first-order chi connectivity index (χ1) is 13.9. The molecule has 0 unspecified atom stereocenters. The van der Waals surface area contributed by atoms with Crippen LogP contribution in [0.25, 0.3) is 22.2 Å². The Morgan fingerprint density at radius 3 is 2.97 bits per heavy atom. The summed E-state index contributed by atoms with van der Waals surface area (Å²) in [5.74, 6) is 0.586. The van der Waals surface area contributed by atoms with E-state index in [1.54, 1.807) is 6.20 Å². The van der Waals surface area contributed by atoms with Crippen LogP contribution >= 0.6 is 0 Å². The molecule has 0 radical (unpaired) electrons. The number of nitrogens with zero attached hydrogens (tertiary/aromatic N) is 4. The maximum Gasteiger partial charge on any atom is 0.223 e. The number of morpholine rings is 1. The Labute approximate surface area is 170 Å². The lowest BCUT2D eigenvalue weighted by Gasteiger charge is -2.36.